The minimum absolute atomic E-state index is 0.0802. The molecule has 0 radical (unpaired) electrons. The first-order chi connectivity index (χ1) is 9.11. The molecule has 1 aromatic rings. The second-order valence-corrected chi connectivity index (χ2v) is 5.92. The van der Waals surface area contributed by atoms with Gasteiger partial charge in [-0.3, -0.25) is 0 Å². The normalized spacial score (nSPS) is 15.0. The van der Waals surface area contributed by atoms with Crippen LogP contribution < -0.4 is 10.2 Å². The number of nitrogens with one attached hydrogen (secondary N) is 1. The predicted molar refractivity (Wildman–Crippen MR) is 79.0 cm³/mol. The lowest BCUT2D eigenvalue weighted by Gasteiger charge is -2.26. The van der Waals surface area contributed by atoms with Gasteiger partial charge in [-0.2, -0.15) is 0 Å². The Hall–Kier alpha value is -1.09. The first-order valence-corrected chi connectivity index (χ1v) is 7.31. The Labute approximate surface area is 116 Å². The third kappa shape index (κ3) is 3.93. The van der Waals surface area contributed by atoms with Gasteiger partial charge in [0.15, 0.2) is 0 Å². The fourth-order valence-corrected chi connectivity index (χ4v) is 2.38. The van der Waals surface area contributed by atoms with Gasteiger partial charge in [-0.1, -0.05) is 19.9 Å². The van der Waals surface area contributed by atoms with Gasteiger partial charge in [-0.25, -0.2) is 4.39 Å². The van der Waals surface area contributed by atoms with Crippen molar-refractivity contribution in [1.29, 1.82) is 0 Å². The van der Waals surface area contributed by atoms with Crippen LogP contribution in [0.5, 0.6) is 0 Å². The molecule has 1 N–H and O–H groups in total. The average molecular weight is 264 g/mol. The summed E-state index contributed by atoms with van der Waals surface area (Å²) in [6.07, 6.45) is 3.53. The van der Waals surface area contributed by atoms with Crippen molar-refractivity contribution in [3.05, 3.63) is 29.6 Å². The summed E-state index contributed by atoms with van der Waals surface area (Å²) in [5, 5.41) is 3.05. The van der Waals surface area contributed by atoms with Crippen LogP contribution in [0, 0.1) is 11.7 Å². The van der Waals surface area contributed by atoms with E-state index in [1.165, 1.54) is 12.8 Å². The number of hydrogen-bond acceptors (Lipinski definition) is 2. The Kier molecular flexibility index (Phi) is 4.81. The van der Waals surface area contributed by atoms with E-state index in [1.54, 1.807) is 6.07 Å². The Balaban J connectivity index is 2.12. The summed E-state index contributed by atoms with van der Waals surface area (Å²) in [4.78, 5) is 2.26. The molecule has 0 bridgehead atoms. The van der Waals surface area contributed by atoms with Gasteiger partial charge in [-0.05, 0) is 49.9 Å². The molecule has 0 heterocycles. The van der Waals surface area contributed by atoms with Crippen molar-refractivity contribution in [3.63, 3.8) is 0 Å². The second-order valence-electron chi connectivity index (χ2n) is 5.92. The van der Waals surface area contributed by atoms with Gasteiger partial charge in [0.2, 0.25) is 0 Å². The van der Waals surface area contributed by atoms with E-state index < -0.39 is 0 Å². The lowest BCUT2D eigenvalue weighted by molar-refractivity contribution is 0.558. The van der Waals surface area contributed by atoms with Crippen LogP contribution in [0.4, 0.5) is 10.1 Å². The minimum Gasteiger partial charge on any atom is -0.366 e. The standard InChI is InChI=1S/C16H25FN2/c1-12(2)8-9-19(14-5-6-14)16-7-4-13(11-18-3)10-15(16)17/h4,7,10,12,14,18H,5-6,8-9,11H2,1-3H3. The first kappa shape index (κ1) is 14.3. The van der Waals surface area contributed by atoms with Crippen LogP contribution in [0.15, 0.2) is 18.2 Å². The van der Waals surface area contributed by atoms with E-state index in [-0.39, 0.29) is 5.82 Å². The van der Waals surface area contributed by atoms with E-state index in [9.17, 15) is 4.39 Å². The summed E-state index contributed by atoms with van der Waals surface area (Å²) in [5.41, 5.74) is 1.78. The monoisotopic (exact) mass is 264 g/mol. The molecule has 2 rings (SSSR count). The van der Waals surface area contributed by atoms with E-state index in [4.69, 9.17) is 0 Å². The minimum atomic E-state index is -0.0802. The van der Waals surface area contributed by atoms with E-state index >= 15 is 0 Å². The van der Waals surface area contributed by atoms with Crippen LogP contribution in [0.25, 0.3) is 0 Å². The molecule has 1 aliphatic rings. The summed E-state index contributed by atoms with van der Waals surface area (Å²) >= 11 is 0. The Morgan fingerprint density at radius 2 is 2.11 bits per heavy atom. The molecule has 0 aromatic heterocycles. The second kappa shape index (κ2) is 6.38. The fourth-order valence-electron chi connectivity index (χ4n) is 2.38. The Morgan fingerprint density at radius 3 is 2.63 bits per heavy atom. The first-order valence-electron chi connectivity index (χ1n) is 7.31. The maximum atomic E-state index is 14.3. The van der Waals surface area contributed by atoms with Crippen LogP contribution in [0.3, 0.4) is 0 Å². The molecule has 2 nitrogen and oxygen atoms in total. The van der Waals surface area contributed by atoms with Crippen LogP contribution in [-0.4, -0.2) is 19.6 Å². The highest BCUT2D eigenvalue weighted by Gasteiger charge is 2.30. The van der Waals surface area contributed by atoms with E-state index in [2.05, 4.69) is 24.1 Å². The van der Waals surface area contributed by atoms with Crippen LogP contribution in [-0.2, 0) is 6.54 Å². The van der Waals surface area contributed by atoms with Gasteiger partial charge in [0.05, 0.1) is 5.69 Å². The van der Waals surface area contributed by atoms with Gasteiger partial charge in [0, 0.05) is 19.1 Å². The molecule has 1 saturated carbocycles. The number of benzene rings is 1. The van der Waals surface area contributed by atoms with E-state index in [0.29, 0.717) is 18.5 Å². The molecule has 1 fully saturated rings. The van der Waals surface area contributed by atoms with Crippen molar-refractivity contribution in [3.8, 4) is 0 Å². The third-order valence-corrected chi connectivity index (χ3v) is 3.64. The van der Waals surface area contributed by atoms with Crippen molar-refractivity contribution in [2.45, 2.75) is 45.7 Å². The van der Waals surface area contributed by atoms with E-state index in [1.807, 2.05) is 19.2 Å². The molecule has 0 spiro atoms. The largest absolute Gasteiger partial charge is 0.366 e. The lowest BCUT2D eigenvalue weighted by atomic mass is 10.1. The average Bonchev–Trinajstić information content (AvgIpc) is 3.16. The van der Waals surface area contributed by atoms with Crippen LogP contribution >= 0.6 is 0 Å². The Bertz CT molecular complexity index is 413. The van der Waals surface area contributed by atoms with Crippen molar-refractivity contribution >= 4 is 5.69 Å². The maximum absolute atomic E-state index is 14.3. The molecule has 3 heteroatoms. The zero-order valence-corrected chi connectivity index (χ0v) is 12.2. The van der Waals surface area contributed by atoms with Crippen LogP contribution in [0.2, 0.25) is 0 Å². The van der Waals surface area contributed by atoms with Gasteiger partial charge >= 0.3 is 0 Å². The number of nitrogens with zero attached hydrogens (tertiary/aromatic N) is 1. The number of halogens is 1. The molecule has 19 heavy (non-hydrogen) atoms. The summed E-state index contributed by atoms with van der Waals surface area (Å²) in [5.74, 6) is 0.580. The molecule has 0 amide bonds. The highest BCUT2D eigenvalue weighted by Crippen LogP contribution is 2.33. The molecule has 0 atom stereocenters. The highest BCUT2D eigenvalue weighted by molar-refractivity contribution is 5.51. The number of hydrogen-bond donors (Lipinski definition) is 1. The number of anilines is 1. The molecule has 0 aliphatic heterocycles. The van der Waals surface area contributed by atoms with Crippen LogP contribution in [0.1, 0.15) is 38.7 Å². The predicted octanol–water partition coefficient (Wildman–Crippen LogP) is 3.56. The highest BCUT2D eigenvalue weighted by atomic mass is 19.1. The van der Waals surface area contributed by atoms with Crippen molar-refractivity contribution in [2.75, 3.05) is 18.5 Å². The topological polar surface area (TPSA) is 15.3 Å². The molecular weight excluding hydrogens is 239 g/mol. The van der Waals surface area contributed by atoms with Gasteiger partial charge < -0.3 is 10.2 Å². The molecule has 106 valence electrons. The summed E-state index contributed by atoms with van der Waals surface area (Å²) in [6.45, 7) is 6.12. The zero-order chi connectivity index (χ0) is 13.8. The number of rotatable bonds is 7. The molecule has 1 aromatic carbocycles. The smallest absolute Gasteiger partial charge is 0.146 e. The summed E-state index contributed by atoms with van der Waals surface area (Å²) in [6, 6.07) is 6.19. The molecular formula is C16H25FN2. The van der Waals surface area contributed by atoms with Gasteiger partial charge in [0.1, 0.15) is 5.82 Å². The van der Waals surface area contributed by atoms with E-state index in [0.717, 1.165) is 24.2 Å². The quantitative estimate of drug-likeness (QED) is 0.810. The van der Waals surface area contributed by atoms with Gasteiger partial charge in [-0.15, -0.1) is 0 Å². The SMILES string of the molecule is CNCc1ccc(N(CCC(C)C)C2CC2)c(F)c1. The third-order valence-electron chi connectivity index (χ3n) is 3.64. The summed E-state index contributed by atoms with van der Waals surface area (Å²) in [7, 11) is 1.88. The lowest BCUT2D eigenvalue weighted by Crippen LogP contribution is -2.28. The fraction of sp³-hybridized carbons (Fsp3) is 0.625. The molecule has 0 unspecified atom stereocenters. The van der Waals surface area contributed by atoms with Gasteiger partial charge in [0.25, 0.3) is 0 Å². The van der Waals surface area contributed by atoms with Crippen molar-refractivity contribution in [1.82, 2.24) is 5.32 Å². The molecule has 1 aliphatic carbocycles. The van der Waals surface area contributed by atoms with Crippen molar-refractivity contribution in [2.24, 2.45) is 5.92 Å². The Morgan fingerprint density at radius 1 is 1.37 bits per heavy atom. The zero-order valence-electron chi connectivity index (χ0n) is 12.2. The molecule has 0 saturated heterocycles. The maximum Gasteiger partial charge on any atom is 0.146 e. The summed E-state index contributed by atoms with van der Waals surface area (Å²) < 4.78 is 14.3. The van der Waals surface area contributed by atoms with Crippen molar-refractivity contribution < 1.29 is 4.39 Å².